The van der Waals surface area contributed by atoms with Crippen LogP contribution in [0.2, 0.25) is 0 Å². The van der Waals surface area contributed by atoms with Crippen LogP contribution in [0.15, 0.2) is 18.9 Å². The molecule has 1 aliphatic rings. The van der Waals surface area contributed by atoms with E-state index in [4.69, 9.17) is 4.98 Å². The maximum Gasteiger partial charge on any atom is 0.143 e. The van der Waals surface area contributed by atoms with Crippen LogP contribution in [0.1, 0.15) is 56.1 Å². The summed E-state index contributed by atoms with van der Waals surface area (Å²) in [6.45, 7) is 8.07. The van der Waals surface area contributed by atoms with Crippen LogP contribution in [0.5, 0.6) is 0 Å². The molecule has 0 N–H and O–H groups in total. The van der Waals surface area contributed by atoms with Gasteiger partial charge in [0.2, 0.25) is 0 Å². The van der Waals surface area contributed by atoms with Crippen LogP contribution in [0, 0.1) is 28.6 Å². The molecule has 1 unspecified atom stereocenters. The number of nitrogens with zero attached hydrogens (tertiary/aromatic N) is 4. The first kappa shape index (κ1) is 15.2. The lowest BCUT2D eigenvalue weighted by Crippen LogP contribution is -2.19. The number of allylic oxidation sites excluding steroid dienone is 1. The highest BCUT2D eigenvalue weighted by Gasteiger charge is 2.34. The Morgan fingerprint density at radius 2 is 2.14 bits per heavy atom. The van der Waals surface area contributed by atoms with Crippen molar-refractivity contribution in [1.82, 2.24) is 9.97 Å². The van der Waals surface area contributed by atoms with E-state index in [2.05, 4.69) is 37.5 Å². The van der Waals surface area contributed by atoms with Gasteiger partial charge in [0.25, 0.3) is 0 Å². The van der Waals surface area contributed by atoms with Crippen molar-refractivity contribution in [2.75, 3.05) is 0 Å². The molecule has 4 nitrogen and oxygen atoms in total. The van der Waals surface area contributed by atoms with E-state index in [0.717, 1.165) is 25.0 Å². The highest BCUT2D eigenvalue weighted by molar-refractivity contribution is 5.32. The topological polar surface area (TPSA) is 73.4 Å². The van der Waals surface area contributed by atoms with E-state index < -0.39 is 5.92 Å². The van der Waals surface area contributed by atoms with Gasteiger partial charge in [-0.2, -0.15) is 10.5 Å². The van der Waals surface area contributed by atoms with Gasteiger partial charge in [0.1, 0.15) is 11.7 Å². The summed E-state index contributed by atoms with van der Waals surface area (Å²) in [5.41, 5.74) is 2.31. The first-order valence-corrected chi connectivity index (χ1v) is 7.30. The van der Waals surface area contributed by atoms with E-state index >= 15 is 0 Å². The molecule has 1 heterocycles. The molecule has 1 aromatic rings. The highest BCUT2D eigenvalue weighted by Crippen LogP contribution is 2.38. The standard InChI is InChI=1S/C17H20N4/c1-4-5-6-14(13(9-18)10-19)16-20-11-12-7-8-17(2,3)15(12)21-16/h4,11,13-14H,1,5-8H2,2-3H3. The third kappa shape index (κ3) is 2.95. The summed E-state index contributed by atoms with van der Waals surface area (Å²) >= 11 is 0. The summed E-state index contributed by atoms with van der Waals surface area (Å²) in [7, 11) is 0. The summed E-state index contributed by atoms with van der Waals surface area (Å²) in [6, 6.07) is 4.14. The fourth-order valence-corrected chi connectivity index (χ4v) is 2.88. The van der Waals surface area contributed by atoms with Gasteiger partial charge in [0.15, 0.2) is 0 Å². The van der Waals surface area contributed by atoms with Crippen LogP contribution < -0.4 is 0 Å². The van der Waals surface area contributed by atoms with E-state index in [0.29, 0.717) is 12.2 Å². The average Bonchev–Trinajstić information content (AvgIpc) is 2.79. The largest absolute Gasteiger partial charge is 0.241 e. The zero-order chi connectivity index (χ0) is 15.5. The molecule has 0 aromatic carbocycles. The molecule has 0 saturated heterocycles. The van der Waals surface area contributed by atoms with Crippen molar-refractivity contribution in [1.29, 1.82) is 10.5 Å². The molecule has 0 radical (unpaired) electrons. The second-order valence-electron chi connectivity index (χ2n) is 6.19. The Bertz CT molecular complexity index is 605. The van der Waals surface area contributed by atoms with Crippen molar-refractivity contribution in [3.8, 4) is 12.1 Å². The van der Waals surface area contributed by atoms with Gasteiger partial charge in [0.05, 0.1) is 17.8 Å². The molecule has 1 aliphatic carbocycles. The number of rotatable bonds is 5. The third-order valence-corrected chi connectivity index (χ3v) is 4.24. The molecule has 0 bridgehead atoms. The number of aromatic nitrogens is 2. The smallest absolute Gasteiger partial charge is 0.143 e. The van der Waals surface area contributed by atoms with Gasteiger partial charge in [-0.1, -0.05) is 19.9 Å². The normalized spacial score (nSPS) is 16.8. The zero-order valence-electron chi connectivity index (χ0n) is 12.6. The van der Waals surface area contributed by atoms with Crippen molar-refractivity contribution < 1.29 is 0 Å². The monoisotopic (exact) mass is 280 g/mol. The Labute approximate surface area is 126 Å². The number of fused-ring (bicyclic) bond motifs is 1. The van der Waals surface area contributed by atoms with Crippen molar-refractivity contribution in [2.24, 2.45) is 5.92 Å². The molecule has 4 heteroatoms. The Morgan fingerprint density at radius 1 is 1.43 bits per heavy atom. The van der Waals surface area contributed by atoms with Crippen molar-refractivity contribution >= 4 is 0 Å². The minimum absolute atomic E-state index is 0.0464. The lowest BCUT2D eigenvalue weighted by atomic mass is 9.88. The molecule has 0 amide bonds. The fraction of sp³-hybridized carbons (Fsp3) is 0.529. The molecule has 0 spiro atoms. The Hall–Kier alpha value is -2.20. The second-order valence-corrected chi connectivity index (χ2v) is 6.19. The number of aryl methyl sites for hydroxylation is 1. The predicted molar refractivity (Wildman–Crippen MR) is 80.3 cm³/mol. The van der Waals surface area contributed by atoms with E-state index in [1.165, 1.54) is 5.56 Å². The van der Waals surface area contributed by atoms with Crippen molar-refractivity contribution in [2.45, 2.75) is 50.9 Å². The maximum absolute atomic E-state index is 9.20. The Morgan fingerprint density at radius 3 is 2.76 bits per heavy atom. The number of hydrogen-bond donors (Lipinski definition) is 0. The van der Waals surface area contributed by atoms with Crippen molar-refractivity contribution in [3.63, 3.8) is 0 Å². The molecular weight excluding hydrogens is 260 g/mol. The summed E-state index contributed by atoms with van der Waals surface area (Å²) in [6.07, 6.45) is 7.16. The summed E-state index contributed by atoms with van der Waals surface area (Å²) in [5, 5.41) is 18.4. The molecule has 108 valence electrons. The zero-order valence-corrected chi connectivity index (χ0v) is 12.6. The van der Waals surface area contributed by atoms with Gasteiger partial charge in [0, 0.05) is 17.5 Å². The quantitative estimate of drug-likeness (QED) is 0.775. The summed E-state index contributed by atoms with van der Waals surface area (Å²) in [4.78, 5) is 9.17. The first-order valence-electron chi connectivity index (χ1n) is 7.30. The molecule has 21 heavy (non-hydrogen) atoms. The Balaban J connectivity index is 2.40. The molecule has 0 fully saturated rings. The highest BCUT2D eigenvalue weighted by atomic mass is 14.9. The van der Waals surface area contributed by atoms with E-state index in [1.807, 2.05) is 6.20 Å². The summed E-state index contributed by atoms with van der Waals surface area (Å²) < 4.78 is 0. The van der Waals surface area contributed by atoms with Gasteiger partial charge >= 0.3 is 0 Å². The second kappa shape index (κ2) is 6.06. The number of hydrogen-bond acceptors (Lipinski definition) is 4. The molecule has 0 aliphatic heterocycles. The first-order chi connectivity index (χ1) is 10.0. The molecule has 2 rings (SSSR count). The maximum atomic E-state index is 9.20. The van der Waals surface area contributed by atoms with Crippen LogP contribution in [0.3, 0.4) is 0 Å². The van der Waals surface area contributed by atoms with Crippen LogP contribution in [0.25, 0.3) is 0 Å². The molecule has 1 atom stereocenters. The lowest BCUT2D eigenvalue weighted by molar-refractivity contribution is 0.493. The summed E-state index contributed by atoms with van der Waals surface area (Å²) in [5.74, 6) is -0.342. The Kier molecular flexibility index (Phi) is 4.38. The third-order valence-electron chi connectivity index (χ3n) is 4.24. The van der Waals surface area contributed by atoms with E-state index in [9.17, 15) is 10.5 Å². The molecule has 0 saturated carbocycles. The van der Waals surface area contributed by atoms with Gasteiger partial charge in [-0.05, 0) is 31.2 Å². The lowest BCUT2D eigenvalue weighted by Gasteiger charge is -2.20. The minimum Gasteiger partial charge on any atom is -0.241 e. The van der Waals surface area contributed by atoms with E-state index in [-0.39, 0.29) is 11.3 Å². The fourth-order valence-electron chi connectivity index (χ4n) is 2.88. The van der Waals surface area contributed by atoms with Crippen LogP contribution in [-0.2, 0) is 11.8 Å². The van der Waals surface area contributed by atoms with Crippen LogP contribution in [0.4, 0.5) is 0 Å². The molecule has 1 aromatic heterocycles. The number of nitriles is 2. The molecular formula is C17H20N4. The van der Waals surface area contributed by atoms with Crippen LogP contribution >= 0.6 is 0 Å². The van der Waals surface area contributed by atoms with Gasteiger partial charge in [-0.25, -0.2) is 9.97 Å². The SMILES string of the molecule is C=CCCC(c1ncc2c(n1)C(C)(C)CC2)C(C#N)C#N. The van der Waals surface area contributed by atoms with Gasteiger partial charge in [-0.15, -0.1) is 6.58 Å². The minimum atomic E-state index is -0.715. The van der Waals surface area contributed by atoms with Crippen LogP contribution in [-0.4, -0.2) is 9.97 Å². The predicted octanol–water partition coefficient (Wildman–Crippen LogP) is 3.41. The van der Waals surface area contributed by atoms with E-state index in [1.54, 1.807) is 6.08 Å². The van der Waals surface area contributed by atoms with Gasteiger partial charge < -0.3 is 0 Å². The average molecular weight is 280 g/mol. The van der Waals surface area contributed by atoms with Gasteiger partial charge in [-0.3, -0.25) is 0 Å². The van der Waals surface area contributed by atoms with Crippen molar-refractivity contribution in [3.05, 3.63) is 35.9 Å².